The molecule has 1 aromatic heterocycles. The first kappa shape index (κ1) is 17.1. The maximum atomic E-state index is 12.4. The van der Waals surface area contributed by atoms with Crippen LogP contribution in [0.4, 0.5) is 4.79 Å². The molecular formula is C19H23N3O3. The van der Waals surface area contributed by atoms with Crippen molar-refractivity contribution in [2.75, 3.05) is 19.7 Å². The number of nitrogens with zero attached hydrogens (tertiary/aromatic N) is 2. The summed E-state index contributed by atoms with van der Waals surface area (Å²) in [5.74, 6) is 1.47. The second-order valence-electron chi connectivity index (χ2n) is 6.00. The van der Waals surface area contributed by atoms with Gasteiger partial charge in [0, 0.05) is 25.0 Å². The molecule has 25 heavy (non-hydrogen) atoms. The van der Waals surface area contributed by atoms with Crippen molar-refractivity contribution < 1.29 is 14.3 Å². The van der Waals surface area contributed by atoms with Crippen LogP contribution in [0.5, 0.6) is 11.5 Å². The average Bonchev–Trinajstić information content (AvgIpc) is 2.65. The summed E-state index contributed by atoms with van der Waals surface area (Å²) in [7, 11) is 0. The molecule has 0 radical (unpaired) electrons. The third-order valence-corrected chi connectivity index (χ3v) is 4.08. The molecule has 2 aromatic rings. The number of para-hydroxylation sites is 2. The van der Waals surface area contributed by atoms with Crippen LogP contribution < -0.4 is 14.8 Å². The predicted molar refractivity (Wildman–Crippen MR) is 94.8 cm³/mol. The smallest absolute Gasteiger partial charge is 0.317 e. The Morgan fingerprint density at radius 3 is 2.80 bits per heavy atom. The summed E-state index contributed by atoms with van der Waals surface area (Å²) in [6.45, 7) is 5.84. The van der Waals surface area contributed by atoms with Gasteiger partial charge < -0.3 is 19.7 Å². The second-order valence-corrected chi connectivity index (χ2v) is 6.00. The van der Waals surface area contributed by atoms with Crippen LogP contribution in [0, 0.1) is 6.92 Å². The van der Waals surface area contributed by atoms with Crippen molar-refractivity contribution in [3.05, 3.63) is 53.9 Å². The van der Waals surface area contributed by atoms with Crippen molar-refractivity contribution in [2.24, 2.45) is 0 Å². The molecule has 0 unspecified atom stereocenters. The number of hydrogen-bond acceptors (Lipinski definition) is 4. The molecule has 0 fully saturated rings. The summed E-state index contributed by atoms with van der Waals surface area (Å²) in [6.07, 6.45) is 1.60. The summed E-state index contributed by atoms with van der Waals surface area (Å²) in [5.41, 5.74) is 1.93. The molecule has 0 saturated carbocycles. The zero-order valence-electron chi connectivity index (χ0n) is 14.6. The number of amides is 2. The Morgan fingerprint density at radius 2 is 2.08 bits per heavy atom. The molecule has 3 rings (SSSR count). The third-order valence-electron chi connectivity index (χ3n) is 4.08. The summed E-state index contributed by atoms with van der Waals surface area (Å²) < 4.78 is 11.6. The van der Waals surface area contributed by atoms with Gasteiger partial charge in [0.15, 0.2) is 17.6 Å². The Labute approximate surface area is 147 Å². The largest absolute Gasteiger partial charge is 0.486 e. The Morgan fingerprint density at radius 1 is 1.28 bits per heavy atom. The van der Waals surface area contributed by atoms with Gasteiger partial charge in [-0.05, 0) is 37.6 Å². The van der Waals surface area contributed by atoms with E-state index in [1.165, 1.54) is 0 Å². The summed E-state index contributed by atoms with van der Waals surface area (Å²) in [6, 6.07) is 11.4. The number of aryl methyl sites for hydroxylation is 1. The van der Waals surface area contributed by atoms with Crippen LogP contribution in [0.15, 0.2) is 42.6 Å². The zero-order valence-corrected chi connectivity index (χ0v) is 14.6. The maximum Gasteiger partial charge on any atom is 0.317 e. The lowest BCUT2D eigenvalue weighted by Gasteiger charge is -2.31. The molecule has 1 aromatic carbocycles. The molecule has 0 spiro atoms. The number of ether oxygens (including phenoxy) is 2. The number of rotatable bonds is 5. The van der Waals surface area contributed by atoms with Crippen molar-refractivity contribution in [1.29, 1.82) is 0 Å². The van der Waals surface area contributed by atoms with E-state index in [1.807, 2.05) is 50.2 Å². The fraction of sp³-hybridized carbons (Fsp3) is 0.368. The van der Waals surface area contributed by atoms with E-state index in [0.29, 0.717) is 26.2 Å². The highest BCUT2D eigenvalue weighted by molar-refractivity contribution is 5.74. The van der Waals surface area contributed by atoms with E-state index in [-0.39, 0.29) is 12.1 Å². The van der Waals surface area contributed by atoms with Crippen LogP contribution in [0.2, 0.25) is 0 Å². The van der Waals surface area contributed by atoms with Crippen molar-refractivity contribution in [3.63, 3.8) is 0 Å². The molecule has 0 aliphatic carbocycles. The normalized spacial score (nSPS) is 15.5. The first-order valence-corrected chi connectivity index (χ1v) is 8.48. The lowest BCUT2D eigenvalue weighted by molar-refractivity contribution is 0.0675. The Balaban J connectivity index is 1.53. The first-order chi connectivity index (χ1) is 12.2. The van der Waals surface area contributed by atoms with Gasteiger partial charge in [-0.2, -0.15) is 0 Å². The van der Waals surface area contributed by atoms with E-state index >= 15 is 0 Å². The van der Waals surface area contributed by atoms with Crippen LogP contribution in [-0.4, -0.2) is 41.7 Å². The van der Waals surface area contributed by atoms with Gasteiger partial charge in [-0.1, -0.05) is 18.2 Å². The topological polar surface area (TPSA) is 63.7 Å². The summed E-state index contributed by atoms with van der Waals surface area (Å²) >= 11 is 0. The Hall–Kier alpha value is -2.76. The van der Waals surface area contributed by atoms with Crippen LogP contribution in [-0.2, 0) is 6.54 Å². The number of likely N-dealkylation sites (N-methyl/N-ethyl adjacent to an activating group) is 1. The highest BCUT2D eigenvalue weighted by atomic mass is 16.6. The summed E-state index contributed by atoms with van der Waals surface area (Å²) in [4.78, 5) is 18.4. The minimum Gasteiger partial charge on any atom is -0.486 e. The monoisotopic (exact) mass is 341 g/mol. The van der Waals surface area contributed by atoms with Gasteiger partial charge in [0.05, 0.1) is 6.54 Å². The third kappa shape index (κ3) is 4.41. The SMILES string of the molecule is CCN(C[C@H]1COc2ccccc2O1)C(=O)NCc1ccc(C)nc1. The van der Waals surface area contributed by atoms with Gasteiger partial charge in [-0.15, -0.1) is 0 Å². The number of aromatic nitrogens is 1. The van der Waals surface area contributed by atoms with Crippen molar-refractivity contribution in [2.45, 2.75) is 26.5 Å². The van der Waals surface area contributed by atoms with E-state index in [0.717, 1.165) is 22.8 Å². The molecular weight excluding hydrogens is 318 g/mol. The second kappa shape index (κ2) is 7.88. The number of carbonyl (C=O) groups excluding carboxylic acids is 1. The Kier molecular flexibility index (Phi) is 5.38. The van der Waals surface area contributed by atoms with E-state index in [4.69, 9.17) is 9.47 Å². The van der Waals surface area contributed by atoms with Gasteiger partial charge in [-0.25, -0.2) is 4.79 Å². The van der Waals surface area contributed by atoms with Gasteiger partial charge >= 0.3 is 6.03 Å². The molecule has 2 amide bonds. The fourth-order valence-electron chi connectivity index (χ4n) is 2.65. The highest BCUT2D eigenvalue weighted by Crippen LogP contribution is 2.30. The highest BCUT2D eigenvalue weighted by Gasteiger charge is 2.24. The van der Waals surface area contributed by atoms with Gasteiger partial charge in [0.2, 0.25) is 0 Å². The molecule has 1 N–H and O–H groups in total. The van der Waals surface area contributed by atoms with E-state index in [1.54, 1.807) is 11.1 Å². The number of pyridine rings is 1. The molecule has 6 heteroatoms. The zero-order chi connectivity index (χ0) is 17.6. The number of nitrogens with one attached hydrogen (secondary N) is 1. The molecule has 1 aliphatic heterocycles. The van der Waals surface area contributed by atoms with E-state index in [9.17, 15) is 4.79 Å². The molecule has 1 atom stereocenters. The molecule has 6 nitrogen and oxygen atoms in total. The maximum absolute atomic E-state index is 12.4. The minimum absolute atomic E-state index is 0.120. The first-order valence-electron chi connectivity index (χ1n) is 8.48. The summed E-state index contributed by atoms with van der Waals surface area (Å²) in [5, 5.41) is 2.93. The molecule has 2 heterocycles. The van der Waals surface area contributed by atoms with Gasteiger partial charge in [0.1, 0.15) is 6.61 Å². The average molecular weight is 341 g/mol. The molecule has 1 aliphatic rings. The van der Waals surface area contributed by atoms with Gasteiger partial charge in [0.25, 0.3) is 0 Å². The van der Waals surface area contributed by atoms with Crippen molar-refractivity contribution in [1.82, 2.24) is 15.2 Å². The number of carbonyl (C=O) groups is 1. The number of benzene rings is 1. The minimum atomic E-state index is -0.179. The lowest BCUT2D eigenvalue weighted by Crippen LogP contribution is -2.47. The molecule has 0 bridgehead atoms. The predicted octanol–water partition coefficient (Wildman–Crippen LogP) is 2.76. The number of fused-ring (bicyclic) bond motifs is 1. The van der Waals surface area contributed by atoms with E-state index in [2.05, 4.69) is 10.3 Å². The lowest BCUT2D eigenvalue weighted by atomic mass is 10.2. The number of hydrogen-bond donors (Lipinski definition) is 1. The van der Waals surface area contributed by atoms with Crippen molar-refractivity contribution in [3.8, 4) is 11.5 Å². The molecule has 0 saturated heterocycles. The van der Waals surface area contributed by atoms with Crippen LogP contribution in [0.25, 0.3) is 0 Å². The number of urea groups is 1. The fourth-order valence-corrected chi connectivity index (χ4v) is 2.65. The Bertz CT molecular complexity index is 718. The van der Waals surface area contributed by atoms with Crippen LogP contribution in [0.3, 0.4) is 0 Å². The molecule has 132 valence electrons. The van der Waals surface area contributed by atoms with Crippen molar-refractivity contribution >= 4 is 6.03 Å². The standard InChI is InChI=1S/C19H23N3O3/c1-3-22(19(23)21-11-15-9-8-14(2)20-10-15)12-16-13-24-17-6-4-5-7-18(17)25-16/h4-10,16H,3,11-13H2,1-2H3,(H,21,23)/t16-/m0/s1. The van der Waals surface area contributed by atoms with E-state index < -0.39 is 0 Å². The van der Waals surface area contributed by atoms with Crippen LogP contribution in [0.1, 0.15) is 18.2 Å². The van der Waals surface area contributed by atoms with Crippen LogP contribution >= 0.6 is 0 Å². The van der Waals surface area contributed by atoms with Gasteiger partial charge in [-0.3, -0.25) is 4.98 Å². The quantitative estimate of drug-likeness (QED) is 0.908.